The third-order valence-electron chi connectivity index (χ3n) is 23.8. The third-order valence-corrected chi connectivity index (χ3v) is 24.3. The van der Waals surface area contributed by atoms with Crippen LogP contribution in [0.5, 0.6) is 5.75 Å². The van der Waals surface area contributed by atoms with Crippen LogP contribution in [0.4, 0.5) is 0 Å². The Bertz CT molecular complexity index is 7060. The first kappa shape index (κ1) is 66.7. The minimum absolute atomic E-state index is 0.00893. The van der Waals surface area contributed by atoms with Gasteiger partial charge in [-0.2, -0.15) is 0 Å². The van der Waals surface area contributed by atoms with E-state index in [9.17, 15) is 0 Å². The third kappa shape index (κ3) is 10.8. The van der Waals surface area contributed by atoms with Crippen molar-refractivity contribution in [2.75, 3.05) is 0 Å². The highest BCUT2D eigenvalue weighted by Gasteiger charge is 2.40. The zero-order valence-corrected chi connectivity index (χ0v) is 63.0. The average Bonchev–Trinajstić information content (AvgIpc) is 1.52. The Balaban J connectivity index is 0.000000118. The Morgan fingerprint density at radius 2 is 0.509 bits per heavy atom. The van der Waals surface area contributed by atoms with E-state index in [4.69, 9.17) is 9.68 Å². The molecular formula is C106H73BBrO2. The van der Waals surface area contributed by atoms with Crippen LogP contribution in [-0.2, 0) is 10.8 Å². The minimum Gasteiger partial charge on any atom is -0.537 e. The van der Waals surface area contributed by atoms with E-state index in [0.717, 1.165) is 10.0 Å². The van der Waals surface area contributed by atoms with Crippen LogP contribution in [0.15, 0.2) is 368 Å². The Kier molecular flexibility index (Phi) is 16.1. The van der Waals surface area contributed by atoms with Crippen molar-refractivity contribution in [3.05, 3.63) is 391 Å². The van der Waals surface area contributed by atoms with Crippen LogP contribution in [0.1, 0.15) is 49.9 Å². The van der Waals surface area contributed by atoms with Crippen molar-refractivity contribution in [1.29, 1.82) is 0 Å². The highest BCUT2D eigenvalue weighted by molar-refractivity contribution is 9.10. The summed E-state index contributed by atoms with van der Waals surface area (Å²) in [6.45, 7) is 9.50. The van der Waals surface area contributed by atoms with Crippen molar-refractivity contribution in [3.8, 4) is 83.6 Å². The molecule has 1 N–H and O–H groups in total. The molecule has 20 aromatic carbocycles. The van der Waals surface area contributed by atoms with Gasteiger partial charge in [-0.05, 0) is 250 Å². The fraction of sp³-hybridized carbons (Fsp3) is 0.0566. The molecule has 0 fully saturated rings. The Morgan fingerprint density at radius 3 is 0.891 bits per heavy atom. The predicted octanol–water partition coefficient (Wildman–Crippen LogP) is 29.2. The number of hydrogen-bond donors (Lipinski definition) is 1. The summed E-state index contributed by atoms with van der Waals surface area (Å²) in [5.41, 5.74) is 23.5. The van der Waals surface area contributed by atoms with Gasteiger partial charge in [-0.25, -0.2) is 0 Å². The largest absolute Gasteiger partial charge is 0.569 e. The molecule has 0 saturated heterocycles. The maximum absolute atomic E-state index is 8.95. The predicted molar refractivity (Wildman–Crippen MR) is 473 cm³/mol. The van der Waals surface area contributed by atoms with Gasteiger partial charge >= 0.3 is 7.69 Å². The van der Waals surface area contributed by atoms with Gasteiger partial charge in [-0.15, -0.1) is 0 Å². The lowest BCUT2D eigenvalue weighted by atomic mass is 9.79. The van der Waals surface area contributed by atoms with E-state index in [1.807, 2.05) is 24.3 Å². The zero-order chi connectivity index (χ0) is 73.9. The lowest BCUT2D eigenvalue weighted by molar-refractivity contribution is 0.454. The van der Waals surface area contributed by atoms with E-state index in [0.29, 0.717) is 13.4 Å². The van der Waals surface area contributed by atoms with E-state index < -0.39 is 0 Å². The van der Waals surface area contributed by atoms with Gasteiger partial charge in [-0.3, -0.25) is 0 Å². The smallest absolute Gasteiger partial charge is 0.537 e. The normalized spacial score (nSPS) is 13.0. The van der Waals surface area contributed by atoms with Crippen molar-refractivity contribution in [1.82, 2.24) is 0 Å². The van der Waals surface area contributed by atoms with Crippen LogP contribution in [0.2, 0.25) is 0 Å². The second-order valence-corrected chi connectivity index (χ2v) is 31.4. The Morgan fingerprint density at radius 1 is 0.236 bits per heavy atom. The summed E-state index contributed by atoms with van der Waals surface area (Å²) in [6, 6.07) is 132. The molecule has 1 radical (unpaired) electrons. The van der Waals surface area contributed by atoms with Gasteiger partial charge in [0.05, 0.1) is 0 Å². The summed E-state index contributed by atoms with van der Waals surface area (Å²) in [5, 5.41) is 34.7. The molecule has 0 heterocycles. The van der Waals surface area contributed by atoms with Crippen molar-refractivity contribution in [2.24, 2.45) is 0 Å². The topological polar surface area (TPSA) is 29.5 Å². The van der Waals surface area contributed by atoms with Gasteiger partial charge < -0.3 is 9.68 Å². The second kappa shape index (κ2) is 26.6. The van der Waals surface area contributed by atoms with Crippen LogP contribution in [0.25, 0.3) is 186 Å². The van der Waals surface area contributed by atoms with Crippen LogP contribution < -0.4 is 4.65 Å². The number of halogens is 1. The first-order chi connectivity index (χ1) is 54.0. The number of benzene rings is 20. The first-order valence-corrected chi connectivity index (χ1v) is 38.8. The van der Waals surface area contributed by atoms with E-state index in [2.05, 4.69) is 383 Å². The molecule has 0 bridgehead atoms. The van der Waals surface area contributed by atoms with Gasteiger partial charge in [-0.1, -0.05) is 365 Å². The van der Waals surface area contributed by atoms with Crippen molar-refractivity contribution >= 4 is 131 Å². The monoisotopic (exact) mass is 1470 g/mol. The quantitative estimate of drug-likeness (QED) is 0.0979. The summed E-state index contributed by atoms with van der Waals surface area (Å²) in [5.74, 6) is 0.600. The SMILES string of the molecule is CC1(C)c2ccc(-c3ccc(-c4c5ccccc5c(-c5ccc6ccccc6c5)c5ccccc45)cc3)cc2-c2c1c1ccccc1c1ccccc21.CC1(C)c2ccc(Br)cc2-c2c1c1ccccc1c1ccccc21.O[B]Oc1ccc(-c2c3ccccc3c(-c3ccc4ccccc4c3)c3ccccc23)cc1. The highest BCUT2D eigenvalue weighted by atomic mass is 79.9. The van der Waals surface area contributed by atoms with E-state index >= 15 is 0 Å². The molecule has 0 saturated carbocycles. The van der Waals surface area contributed by atoms with Crippen LogP contribution in [0.3, 0.4) is 0 Å². The zero-order valence-electron chi connectivity index (χ0n) is 61.5. The van der Waals surface area contributed by atoms with Crippen molar-refractivity contribution in [2.45, 2.75) is 38.5 Å². The minimum atomic E-state index is -0.0994. The Hall–Kier alpha value is -12.7. The second-order valence-electron chi connectivity index (χ2n) is 30.5. The number of rotatable bonds is 7. The summed E-state index contributed by atoms with van der Waals surface area (Å²) in [6.07, 6.45) is 0. The molecule has 519 valence electrons. The van der Waals surface area contributed by atoms with Gasteiger partial charge in [0.25, 0.3) is 0 Å². The molecule has 0 amide bonds. The molecule has 0 atom stereocenters. The molecule has 0 unspecified atom stereocenters. The van der Waals surface area contributed by atoms with E-state index in [-0.39, 0.29) is 10.8 Å². The maximum Gasteiger partial charge on any atom is 0.569 e. The summed E-state index contributed by atoms with van der Waals surface area (Å²) < 4.78 is 6.26. The van der Waals surface area contributed by atoms with Crippen LogP contribution in [-0.4, -0.2) is 12.7 Å². The number of fused-ring (bicyclic) bond motifs is 22. The number of hydrogen-bond acceptors (Lipinski definition) is 2. The van der Waals surface area contributed by atoms with Crippen LogP contribution >= 0.6 is 15.9 Å². The van der Waals surface area contributed by atoms with E-state index in [1.54, 1.807) is 0 Å². The van der Waals surface area contributed by atoms with E-state index in [1.165, 1.54) is 202 Å². The molecule has 0 aliphatic heterocycles. The molecule has 2 aliphatic rings. The molecule has 4 heteroatoms. The molecule has 22 rings (SSSR count). The maximum atomic E-state index is 8.95. The first-order valence-electron chi connectivity index (χ1n) is 38.0. The molecular weight excluding hydrogens is 1400 g/mol. The van der Waals surface area contributed by atoms with Gasteiger partial charge in [0.2, 0.25) is 0 Å². The fourth-order valence-corrected chi connectivity index (χ4v) is 19.3. The Labute approximate surface area is 649 Å². The fourth-order valence-electron chi connectivity index (χ4n) is 18.9. The van der Waals surface area contributed by atoms with Gasteiger partial charge in [0.1, 0.15) is 5.75 Å². The molecule has 2 aliphatic carbocycles. The van der Waals surface area contributed by atoms with Crippen molar-refractivity contribution in [3.63, 3.8) is 0 Å². The summed E-state index contributed by atoms with van der Waals surface area (Å²) >= 11 is 3.67. The molecule has 2 nitrogen and oxygen atoms in total. The lowest BCUT2D eigenvalue weighted by Gasteiger charge is -2.24. The summed E-state index contributed by atoms with van der Waals surface area (Å²) in [4.78, 5) is 0. The van der Waals surface area contributed by atoms with Gasteiger partial charge in [0.15, 0.2) is 0 Å². The van der Waals surface area contributed by atoms with Crippen LogP contribution in [0, 0.1) is 0 Å². The van der Waals surface area contributed by atoms with Crippen molar-refractivity contribution < 1.29 is 9.68 Å². The standard InChI is InChI=1S/C53H36.C30H20BO2.C23H17Br/c1-53(2)48-30-29-37(32-47(48)51-41-17-7-5-15-39(41)40-16-6-12-22-46(40)52(51)53)34-23-26-35(27-24-34)49-42-18-8-10-20-44(42)50(45-21-11-9-19-43(45)49)38-28-25-33-13-3-4-14-36(33)31-38;32-31-33-24-17-15-21(16-18-24)29-25-9-3-5-11-27(25)30(28-12-6-4-10-26(28)29)23-14-13-20-7-1-2-8-22(20)19-23;1-23(2)20-12-11-14(24)13-19(20)21-17-9-5-3-7-15(17)16-8-4-6-10-18(16)22(21)23/h3-32H,1-2H3;1-19,32H;3-13H,1-2H3. The molecule has 0 spiro atoms. The summed E-state index contributed by atoms with van der Waals surface area (Å²) in [7, 11) is 0.707. The molecule has 0 aromatic heterocycles. The molecule has 20 aromatic rings. The average molecular weight is 1470 g/mol. The molecule has 110 heavy (non-hydrogen) atoms. The lowest BCUT2D eigenvalue weighted by Crippen LogP contribution is -2.15. The highest BCUT2D eigenvalue weighted by Crippen LogP contribution is 2.58. The van der Waals surface area contributed by atoms with Gasteiger partial charge in [0, 0.05) is 15.3 Å².